The lowest BCUT2D eigenvalue weighted by Gasteiger charge is -2.35. The van der Waals surface area contributed by atoms with Gasteiger partial charge in [-0.3, -0.25) is 14.5 Å². The van der Waals surface area contributed by atoms with Gasteiger partial charge in [-0.1, -0.05) is 17.7 Å². The van der Waals surface area contributed by atoms with E-state index < -0.39 is 0 Å². The van der Waals surface area contributed by atoms with E-state index in [1.807, 2.05) is 25.7 Å². The van der Waals surface area contributed by atoms with E-state index in [0.29, 0.717) is 43.3 Å². The second-order valence-corrected chi connectivity index (χ2v) is 7.31. The Hall–Kier alpha value is -1.59. The SMILES string of the molecule is CC(C)(C)NC(=O)CN1CCN(C(=O)c2cccc(Cl)c2)CC1. The molecule has 6 heteroatoms. The maximum atomic E-state index is 12.4. The summed E-state index contributed by atoms with van der Waals surface area (Å²) in [5.41, 5.74) is 0.387. The summed E-state index contributed by atoms with van der Waals surface area (Å²) < 4.78 is 0. The van der Waals surface area contributed by atoms with Crippen LogP contribution in [-0.4, -0.2) is 59.9 Å². The molecule has 1 N–H and O–H groups in total. The summed E-state index contributed by atoms with van der Waals surface area (Å²) in [5.74, 6) is 0.0124. The number of halogens is 1. The molecular formula is C17H24ClN3O2. The van der Waals surface area contributed by atoms with Gasteiger partial charge >= 0.3 is 0 Å². The van der Waals surface area contributed by atoms with Crippen molar-refractivity contribution >= 4 is 23.4 Å². The number of benzene rings is 1. The van der Waals surface area contributed by atoms with Crippen LogP contribution in [0.3, 0.4) is 0 Å². The quantitative estimate of drug-likeness (QED) is 0.918. The molecule has 0 radical (unpaired) electrons. The van der Waals surface area contributed by atoms with Gasteiger partial charge in [-0.2, -0.15) is 0 Å². The summed E-state index contributed by atoms with van der Waals surface area (Å²) in [6.45, 7) is 8.90. The molecule has 0 saturated carbocycles. The van der Waals surface area contributed by atoms with Crippen molar-refractivity contribution in [3.8, 4) is 0 Å². The number of piperazine rings is 1. The molecule has 0 aliphatic carbocycles. The first-order valence-electron chi connectivity index (χ1n) is 7.83. The van der Waals surface area contributed by atoms with Gasteiger partial charge in [-0.15, -0.1) is 0 Å². The summed E-state index contributed by atoms with van der Waals surface area (Å²) in [6, 6.07) is 7.00. The number of nitrogens with one attached hydrogen (secondary N) is 1. The fourth-order valence-electron chi connectivity index (χ4n) is 2.57. The maximum Gasteiger partial charge on any atom is 0.253 e. The van der Waals surface area contributed by atoms with Gasteiger partial charge < -0.3 is 10.2 Å². The number of rotatable bonds is 3. The first-order chi connectivity index (χ1) is 10.7. The highest BCUT2D eigenvalue weighted by Gasteiger charge is 2.24. The zero-order chi connectivity index (χ0) is 17.0. The largest absolute Gasteiger partial charge is 0.350 e. The van der Waals surface area contributed by atoms with Crippen molar-refractivity contribution < 1.29 is 9.59 Å². The molecule has 0 unspecified atom stereocenters. The molecule has 1 fully saturated rings. The first kappa shape index (κ1) is 17.8. The van der Waals surface area contributed by atoms with Crippen LogP contribution in [0.2, 0.25) is 5.02 Å². The Balaban J connectivity index is 1.84. The van der Waals surface area contributed by atoms with Crippen molar-refractivity contribution in [2.75, 3.05) is 32.7 Å². The molecule has 1 heterocycles. The number of nitrogens with zero attached hydrogens (tertiary/aromatic N) is 2. The minimum atomic E-state index is -0.221. The first-order valence-corrected chi connectivity index (χ1v) is 8.20. The molecule has 5 nitrogen and oxygen atoms in total. The van der Waals surface area contributed by atoms with Crippen molar-refractivity contribution in [1.29, 1.82) is 0 Å². The van der Waals surface area contributed by atoms with Gasteiger partial charge in [-0.25, -0.2) is 0 Å². The third-order valence-electron chi connectivity index (χ3n) is 3.61. The molecule has 1 aliphatic heterocycles. The number of hydrogen-bond acceptors (Lipinski definition) is 3. The Morgan fingerprint density at radius 3 is 2.39 bits per heavy atom. The Morgan fingerprint density at radius 1 is 1.17 bits per heavy atom. The zero-order valence-electron chi connectivity index (χ0n) is 13.9. The lowest BCUT2D eigenvalue weighted by atomic mass is 10.1. The predicted octanol–water partition coefficient (Wildman–Crippen LogP) is 2.01. The van der Waals surface area contributed by atoms with Crippen molar-refractivity contribution in [3.63, 3.8) is 0 Å². The van der Waals surface area contributed by atoms with E-state index in [4.69, 9.17) is 11.6 Å². The molecule has 0 aromatic heterocycles. The van der Waals surface area contributed by atoms with Crippen molar-refractivity contribution in [2.45, 2.75) is 26.3 Å². The Bertz CT molecular complexity index is 575. The normalized spacial score (nSPS) is 16.3. The summed E-state index contributed by atoms with van der Waals surface area (Å²) in [5, 5.41) is 3.52. The van der Waals surface area contributed by atoms with Crippen LogP contribution >= 0.6 is 11.6 Å². The molecule has 1 aromatic rings. The third-order valence-corrected chi connectivity index (χ3v) is 3.85. The molecule has 0 spiro atoms. The number of hydrogen-bond donors (Lipinski definition) is 1. The maximum absolute atomic E-state index is 12.4. The smallest absolute Gasteiger partial charge is 0.253 e. The Morgan fingerprint density at radius 2 is 1.83 bits per heavy atom. The topological polar surface area (TPSA) is 52.7 Å². The van der Waals surface area contributed by atoms with Crippen LogP contribution in [0.15, 0.2) is 24.3 Å². The molecule has 0 bridgehead atoms. The van der Waals surface area contributed by atoms with Crippen molar-refractivity contribution in [2.24, 2.45) is 0 Å². The van der Waals surface area contributed by atoms with E-state index in [0.717, 1.165) is 0 Å². The fourth-order valence-corrected chi connectivity index (χ4v) is 2.76. The summed E-state index contributed by atoms with van der Waals surface area (Å²) in [6.07, 6.45) is 0. The number of amides is 2. The minimum Gasteiger partial charge on any atom is -0.350 e. The van der Waals surface area contributed by atoms with Gasteiger partial charge in [0, 0.05) is 42.3 Å². The van der Waals surface area contributed by atoms with E-state index >= 15 is 0 Å². The molecule has 2 rings (SSSR count). The molecule has 126 valence electrons. The van der Waals surface area contributed by atoms with Crippen LogP contribution in [0.25, 0.3) is 0 Å². The molecule has 1 aromatic carbocycles. The van der Waals surface area contributed by atoms with Crippen LogP contribution in [0, 0.1) is 0 Å². The van der Waals surface area contributed by atoms with E-state index in [9.17, 15) is 9.59 Å². The molecule has 23 heavy (non-hydrogen) atoms. The molecule has 2 amide bonds. The second-order valence-electron chi connectivity index (χ2n) is 6.88. The predicted molar refractivity (Wildman–Crippen MR) is 91.7 cm³/mol. The molecule has 1 aliphatic rings. The van der Waals surface area contributed by atoms with Crippen LogP contribution in [0.4, 0.5) is 0 Å². The lowest BCUT2D eigenvalue weighted by Crippen LogP contribution is -2.52. The molecule has 0 atom stereocenters. The average molecular weight is 338 g/mol. The highest BCUT2D eigenvalue weighted by atomic mass is 35.5. The summed E-state index contributed by atoms with van der Waals surface area (Å²) in [4.78, 5) is 28.3. The lowest BCUT2D eigenvalue weighted by molar-refractivity contribution is -0.124. The van der Waals surface area contributed by atoms with E-state index in [1.54, 1.807) is 24.3 Å². The van der Waals surface area contributed by atoms with Gasteiger partial charge in [0.05, 0.1) is 6.54 Å². The van der Waals surface area contributed by atoms with Crippen molar-refractivity contribution in [1.82, 2.24) is 15.1 Å². The highest BCUT2D eigenvalue weighted by Crippen LogP contribution is 2.14. The van der Waals surface area contributed by atoms with E-state index in [1.165, 1.54) is 0 Å². The zero-order valence-corrected chi connectivity index (χ0v) is 14.7. The van der Waals surface area contributed by atoms with Crippen LogP contribution < -0.4 is 5.32 Å². The standard InChI is InChI=1S/C17H24ClN3O2/c1-17(2,3)19-15(22)12-20-7-9-21(10-8-20)16(23)13-5-4-6-14(18)11-13/h4-6,11H,7-10,12H2,1-3H3,(H,19,22). The fraction of sp³-hybridized carbons (Fsp3) is 0.529. The van der Waals surface area contributed by atoms with Gasteiger partial charge in [0.25, 0.3) is 5.91 Å². The Labute approximate surface area is 142 Å². The summed E-state index contributed by atoms with van der Waals surface area (Å²) >= 11 is 5.94. The number of carbonyl (C=O) groups excluding carboxylic acids is 2. The van der Waals surface area contributed by atoms with E-state index in [2.05, 4.69) is 10.2 Å². The van der Waals surface area contributed by atoms with Gasteiger partial charge in [0.15, 0.2) is 0 Å². The summed E-state index contributed by atoms with van der Waals surface area (Å²) in [7, 11) is 0. The third kappa shape index (κ3) is 5.52. The second kappa shape index (κ2) is 7.32. The molecular weight excluding hydrogens is 314 g/mol. The average Bonchev–Trinajstić information content (AvgIpc) is 2.45. The number of carbonyl (C=O) groups is 2. The monoisotopic (exact) mass is 337 g/mol. The van der Waals surface area contributed by atoms with Crippen LogP contribution in [0.5, 0.6) is 0 Å². The minimum absolute atomic E-state index is 0.00806. The Kier molecular flexibility index (Phi) is 5.65. The highest BCUT2D eigenvalue weighted by molar-refractivity contribution is 6.30. The van der Waals surface area contributed by atoms with Crippen LogP contribution in [0.1, 0.15) is 31.1 Å². The van der Waals surface area contributed by atoms with Gasteiger partial charge in [0.2, 0.25) is 5.91 Å². The van der Waals surface area contributed by atoms with Crippen LogP contribution in [-0.2, 0) is 4.79 Å². The van der Waals surface area contributed by atoms with Gasteiger partial charge in [-0.05, 0) is 39.0 Å². The van der Waals surface area contributed by atoms with Gasteiger partial charge in [0.1, 0.15) is 0 Å². The van der Waals surface area contributed by atoms with Crippen molar-refractivity contribution in [3.05, 3.63) is 34.9 Å². The molecule has 1 saturated heterocycles. The van der Waals surface area contributed by atoms with E-state index in [-0.39, 0.29) is 17.4 Å².